The van der Waals surface area contributed by atoms with Crippen LogP contribution in [0.5, 0.6) is 0 Å². The Balaban J connectivity index is 1.79. The smallest absolute Gasteiger partial charge is 0.317 e. The summed E-state index contributed by atoms with van der Waals surface area (Å²) in [7, 11) is 4.16. The van der Waals surface area contributed by atoms with Gasteiger partial charge < -0.3 is 20.2 Å². The number of amides is 2. The van der Waals surface area contributed by atoms with E-state index in [0.29, 0.717) is 32.1 Å². The summed E-state index contributed by atoms with van der Waals surface area (Å²) in [5.74, 6) is -1.23. The molecular formula is C14H26N4O3. The molecular weight excluding hydrogens is 272 g/mol. The Morgan fingerprint density at radius 1 is 1.19 bits per heavy atom. The van der Waals surface area contributed by atoms with Crippen molar-refractivity contribution in [3.63, 3.8) is 0 Å². The molecule has 0 radical (unpaired) electrons. The molecule has 0 aliphatic carbocycles. The summed E-state index contributed by atoms with van der Waals surface area (Å²) in [6, 6.07) is 0.176. The molecule has 0 aromatic carbocycles. The lowest BCUT2D eigenvalue weighted by molar-refractivity contribution is -0.143. The Labute approximate surface area is 125 Å². The first kappa shape index (κ1) is 16.0. The molecule has 1 unspecified atom stereocenters. The van der Waals surface area contributed by atoms with Crippen LogP contribution >= 0.6 is 0 Å². The van der Waals surface area contributed by atoms with Crippen LogP contribution in [0.25, 0.3) is 0 Å². The van der Waals surface area contributed by atoms with Crippen LogP contribution in [-0.4, -0.2) is 91.2 Å². The second kappa shape index (κ2) is 7.09. The number of rotatable bonds is 3. The number of nitrogens with one attached hydrogen (secondary N) is 1. The van der Waals surface area contributed by atoms with Crippen LogP contribution in [0.1, 0.15) is 12.8 Å². The predicted molar refractivity (Wildman–Crippen MR) is 79.2 cm³/mol. The van der Waals surface area contributed by atoms with Crippen LogP contribution < -0.4 is 5.32 Å². The molecule has 2 fully saturated rings. The third kappa shape index (κ3) is 4.31. The van der Waals surface area contributed by atoms with Gasteiger partial charge in [-0.3, -0.25) is 9.69 Å². The summed E-state index contributed by atoms with van der Waals surface area (Å²) in [4.78, 5) is 29.4. The summed E-state index contributed by atoms with van der Waals surface area (Å²) in [5, 5.41) is 12.0. The monoisotopic (exact) mass is 298 g/mol. The highest BCUT2D eigenvalue weighted by Crippen LogP contribution is 2.16. The Hall–Kier alpha value is -1.34. The van der Waals surface area contributed by atoms with Gasteiger partial charge in [0.25, 0.3) is 0 Å². The second-order valence-electron chi connectivity index (χ2n) is 6.21. The lowest BCUT2D eigenvalue weighted by atomic mass is 9.99. The fourth-order valence-electron chi connectivity index (χ4n) is 3.00. The zero-order valence-electron chi connectivity index (χ0n) is 12.9. The van der Waals surface area contributed by atoms with E-state index in [1.165, 1.54) is 0 Å². The standard InChI is InChI=1S/C14H26N4O3/c1-16-6-7-17(2)12(10-16)8-15-14(21)18-5-3-4-11(9-18)13(19)20/h11-12H,3-10H2,1-2H3,(H,15,21)(H,19,20)/t11-,12?/m0/s1. The van der Waals surface area contributed by atoms with Gasteiger partial charge in [-0.25, -0.2) is 4.79 Å². The van der Waals surface area contributed by atoms with E-state index in [2.05, 4.69) is 29.2 Å². The van der Waals surface area contributed by atoms with E-state index in [0.717, 1.165) is 26.1 Å². The molecule has 0 aromatic heterocycles. The molecule has 2 saturated heterocycles. The molecule has 120 valence electrons. The molecule has 0 bridgehead atoms. The van der Waals surface area contributed by atoms with Crippen molar-refractivity contribution in [2.24, 2.45) is 5.92 Å². The van der Waals surface area contributed by atoms with Crippen LogP contribution in [-0.2, 0) is 4.79 Å². The number of hydrogen-bond donors (Lipinski definition) is 2. The molecule has 2 heterocycles. The third-order valence-corrected chi connectivity index (χ3v) is 4.53. The van der Waals surface area contributed by atoms with E-state index in [4.69, 9.17) is 5.11 Å². The molecule has 7 heteroatoms. The largest absolute Gasteiger partial charge is 0.481 e. The molecule has 2 N–H and O–H groups in total. The maximum atomic E-state index is 12.2. The van der Waals surface area contributed by atoms with Gasteiger partial charge in [0.15, 0.2) is 0 Å². The summed E-state index contributed by atoms with van der Waals surface area (Å²) in [6.07, 6.45) is 1.42. The van der Waals surface area contributed by atoms with Crippen molar-refractivity contribution in [3.05, 3.63) is 0 Å². The number of aliphatic carboxylic acids is 1. The first-order valence-electron chi connectivity index (χ1n) is 7.61. The summed E-state index contributed by atoms with van der Waals surface area (Å²) in [5.41, 5.74) is 0. The van der Waals surface area contributed by atoms with Gasteiger partial charge in [-0.2, -0.15) is 0 Å². The third-order valence-electron chi connectivity index (χ3n) is 4.53. The van der Waals surface area contributed by atoms with Crippen molar-refractivity contribution in [2.45, 2.75) is 18.9 Å². The average Bonchev–Trinajstić information content (AvgIpc) is 2.48. The normalized spacial score (nSPS) is 28.4. The van der Waals surface area contributed by atoms with E-state index >= 15 is 0 Å². The van der Waals surface area contributed by atoms with Gasteiger partial charge in [0.05, 0.1) is 5.92 Å². The summed E-state index contributed by atoms with van der Waals surface area (Å²) < 4.78 is 0. The zero-order valence-corrected chi connectivity index (χ0v) is 12.9. The number of likely N-dealkylation sites (tertiary alicyclic amines) is 1. The molecule has 0 aromatic rings. The van der Waals surface area contributed by atoms with Crippen molar-refractivity contribution < 1.29 is 14.7 Å². The molecule has 2 aliphatic heterocycles. The summed E-state index contributed by atoms with van der Waals surface area (Å²) in [6.45, 7) is 4.56. The molecule has 2 amide bonds. The van der Waals surface area contributed by atoms with Gasteiger partial charge in [0, 0.05) is 45.3 Å². The minimum absolute atomic E-state index is 0.137. The van der Waals surface area contributed by atoms with Gasteiger partial charge in [-0.05, 0) is 26.9 Å². The van der Waals surface area contributed by atoms with E-state index < -0.39 is 11.9 Å². The van der Waals surface area contributed by atoms with Crippen LogP contribution in [0, 0.1) is 5.92 Å². The van der Waals surface area contributed by atoms with Gasteiger partial charge >= 0.3 is 12.0 Å². The lowest BCUT2D eigenvalue weighted by Crippen LogP contribution is -2.56. The van der Waals surface area contributed by atoms with Crippen molar-refractivity contribution in [2.75, 3.05) is 53.4 Å². The molecule has 0 saturated carbocycles. The highest BCUT2D eigenvalue weighted by atomic mass is 16.4. The number of likely N-dealkylation sites (N-methyl/N-ethyl adjacent to an activating group) is 2. The Morgan fingerprint density at radius 2 is 1.95 bits per heavy atom. The number of piperazine rings is 1. The molecule has 7 nitrogen and oxygen atoms in total. The number of carbonyl (C=O) groups excluding carboxylic acids is 1. The van der Waals surface area contributed by atoms with Crippen LogP contribution in [0.4, 0.5) is 4.79 Å². The SMILES string of the molecule is CN1CCN(C)C(CNC(=O)N2CCC[C@H](C(=O)O)C2)C1. The zero-order chi connectivity index (χ0) is 15.4. The number of carboxylic acids is 1. The minimum atomic E-state index is -0.805. The molecule has 21 heavy (non-hydrogen) atoms. The highest BCUT2D eigenvalue weighted by molar-refractivity contribution is 5.76. The fraction of sp³-hybridized carbons (Fsp3) is 0.857. The Bertz CT molecular complexity index is 390. The predicted octanol–water partition coefficient (Wildman–Crippen LogP) is -0.262. The van der Waals surface area contributed by atoms with E-state index in [1.54, 1.807) is 4.90 Å². The lowest BCUT2D eigenvalue weighted by Gasteiger charge is -2.38. The second-order valence-corrected chi connectivity index (χ2v) is 6.21. The van der Waals surface area contributed by atoms with Gasteiger partial charge in [0.1, 0.15) is 0 Å². The molecule has 2 aliphatic rings. The van der Waals surface area contributed by atoms with Crippen molar-refractivity contribution in [1.29, 1.82) is 0 Å². The van der Waals surface area contributed by atoms with Gasteiger partial charge in [-0.1, -0.05) is 0 Å². The first-order chi connectivity index (χ1) is 9.97. The topological polar surface area (TPSA) is 76.1 Å². The number of hydrogen-bond acceptors (Lipinski definition) is 4. The number of urea groups is 1. The number of carbonyl (C=O) groups is 2. The number of nitrogens with zero attached hydrogens (tertiary/aromatic N) is 3. The highest BCUT2D eigenvalue weighted by Gasteiger charge is 2.29. The Kier molecular flexibility index (Phi) is 5.41. The van der Waals surface area contributed by atoms with Crippen molar-refractivity contribution >= 4 is 12.0 Å². The van der Waals surface area contributed by atoms with Crippen LogP contribution in [0.2, 0.25) is 0 Å². The Morgan fingerprint density at radius 3 is 2.67 bits per heavy atom. The number of piperidine rings is 1. The van der Waals surface area contributed by atoms with E-state index in [1.807, 2.05) is 0 Å². The van der Waals surface area contributed by atoms with Crippen LogP contribution in [0.15, 0.2) is 0 Å². The minimum Gasteiger partial charge on any atom is -0.481 e. The van der Waals surface area contributed by atoms with Gasteiger partial charge in [0.2, 0.25) is 0 Å². The van der Waals surface area contributed by atoms with Gasteiger partial charge in [-0.15, -0.1) is 0 Å². The fourth-order valence-corrected chi connectivity index (χ4v) is 3.00. The maximum Gasteiger partial charge on any atom is 0.317 e. The summed E-state index contributed by atoms with van der Waals surface area (Å²) >= 11 is 0. The van der Waals surface area contributed by atoms with E-state index in [9.17, 15) is 9.59 Å². The molecule has 0 spiro atoms. The average molecular weight is 298 g/mol. The molecule has 2 atom stereocenters. The molecule has 2 rings (SSSR count). The van der Waals surface area contributed by atoms with Crippen LogP contribution in [0.3, 0.4) is 0 Å². The van der Waals surface area contributed by atoms with Crippen molar-refractivity contribution in [3.8, 4) is 0 Å². The quantitative estimate of drug-likeness (QED) is 0.751. The van der Waals surface area contributed by atoms with E-state index in [-0.39, 0.29) is 6.03 Å². The number of carboxylic acid groups (broad SMARTS) is 1. The maximum absolute atomic E-state index is 12.2. The first-order valence-corrected chi connectivity index (χ1v) is 7.61. The van der Waals surface area contributed by atoms with Crippen molar-refractivity contribution in [1.82, 2.24) is 20.0 Å².